The van der Waals surface area contributed by atoms with Crippen molar-refractivity contribution in [3.63, 3.8) is 0 Å². The fourth-order valence-electron chi connectivity index (χ4n) is 2.14. The Balaban J connectivity index is 2.23. The second kappa shape index (κ2) is 7.51. The first-order chi connectivity index (χ1) is 11.6. The molecule has 2 rings (SSSR count). The highest BCUT2D eigenvalue weighted by atomic mass is 32.2. The average Bonchev–Trinajstić information content (AvgIpc) is 2.85. The zero-order chi connectivity index (χ0) is 18.7. The van der Waals surface area contributed by atoms with Crippen LogP contribution in [0.2, 0.25) is 0 Å². The predicted molar refractivity (Wildman–Crippen MR) is 90.3 cm³/mol. The largest absolute Gasteiger partial charge is 0.459 e. The van der Waals surface area contributed by atoms with Gasteiger partial charge in [0.1, 0.15) is 12.1 Å². The first-order valence-electron chi connectivity index (χ1n) is 7.57. The SMILES string of the molecule is CC(C)(C)OC(=O)CSc1ncc(-c2ccccc2)n1CC(F)(F)F. The van der Waals surface area contributed by atoms with E-state index < -0.39 is 24.3 Å². The lowest BCUT2D eigenvalue weighted by molar-refractivity contribution is -0.151. The van der Waals surface area contributed by atoms with Crippen LogP contribution in [0.25, 0.3) is 11.3 Å². The summed E-state index contributed by atoms with van der Waals surface area (Å²) < 4.78 is 45.1. The molecular weight excluding hydrogens is 353 g/mol. The Hall–Kier alpha value is -1.96. The molecule has 0 amide bonds. The van der Waals surface area contributed by atoms with Gasteiger partial charge in [0.25, 0.3) is 0 Å². The third kappa shape index (κ3) is 6.12. The predicted octanol–water partition coefficient (Wildman–Crippen LogP) is 4.55. The number of halogens is 3. The van der Waals surface area contributed by atoms with Crippen molar-refractivity contribution >= 4 is 17.7 Å². The van der Waals surface area contributed by atoms with Crippen molar-refractivity contribution in [2.75, 3.05) is 5.75 Å². The average molecular weight is 372 g/mol. The molecule has 1 heterocycles. The molecule has 4 nitrogen and oxygen atoms in total. The number of imidazole rings is 1. The summed E-state index contributed by atoms with van der Waals surface area (Å²) in [5.41, 5.74) is 0.335. The van der Waals surface area contributed by atoms with Crippen molar-refractivity contribution < 1.29 is 22.7 Å². The van der Waals surface area contributed by atoms with Crippen molar-refractivity contribution in [3.05, 3.63) is 36.5 Å². The van der Waals surface area contributed by atoms with Crippen molar-refractivity contribution in [2.24, 2.45) is 0 Å². The summed E-state index contributed by atoms with van der Waals surface area (Å²) in [7, 11) is 0. The quantitative estimate of drug-likeness (QED) is 0.571. The Labute approximate surface area is 148 Å². The minimum absolute atomic E-state index is 0.111. The molecular formula is C17H19F3N2O2S. The van der Waals surface area contributed by atoms with E-state index in [1.54, 1.807) is 51.1 Å². The molecule has 0 unspecified atom stereocenters. The molecule has 0 fully saturated rings. The van der Waals surface area contributed by atoms with E-state index in [9.17, 15) is 18.0 Å². The lowest BCUT2D eigenvalue weighted by Crippen LogP contribution is -2.25. The maximum Gasteiger partial charge on any atom is 0.406 e. The van der Waals surface area contributed by atoms with Gasteiger partial charge in [-0.25, -0.2) is 4.98 Å². The van der Waals surface area contributed by atoms with Gasteiger partial charge in [0.2, 0.25) is 0 Å². The monoisotopic (exact) mass is 372 g/mol. The van der Waals surface area contributed by atoms with E-state index in [1.165, 1.54) is 6.20 Å². The third-order valence-corrected chi connectivity index (χ3v) is 3.93. The molecule has 0 atom stereocenters. The number of hydrogen-bond donors (Lipinski definition) is 0. The molecule has 0 radical (unpaired) electrons. The van der Waals surface area contributed by atoms with Crippen LogP contribution in [0.3, 0.4) is 0 Å². The number of esters is 1. The first kappa shape index (κ1) is 19.4. The van der Waals surface area contributed by atoms with Gasteiger partial charge in [0, 0.05) is 0 Å². The van der Waals surface area contributed by atoms with E-state index >= 15 is 0 Å². The molecule has 0 saturated carbocycles. The summed E-state index contributed by atoms with van der Waals surface area (Å²) in [6.07, 6.45) is -3.01. The summed E-state index contributed by atoms with van der Waals surface area (Å²) in [6, 6.07) is 8.70. The molecule has 0 spiro atoms. The zero-order valence-corrected chi connectivity index (χ0v) is 14.9. The minimum Gasteiger partial charge on any atom is -0.459 e. The van der Waals surface area contributed by atoms with Crippen LogP contribution in [0.5, 0.6) is 0 Å². The van der Waals surface area contributed by atoms with Gasteiger partial charge in [-0.05, 0) is 26.3 Å². The summed E-state index contributed by atoms with van der Waals surface area (Å²) in [4.78, 5) is 15.9. The summed E-state index contributed by atoms with van der Waals surface area (Å²) in [6.45, 7) is 4.02. The van der Waals surface area contributed by atoms with Crippen LogP contribution >= 0.6 is 11.8 Å². The van der Waals surface area contributed by atoms with Crippen molar-refractivity contribution in [1.29, 1.82) is 0 Å². The fraction of sp³-hybridized carbons (Fsp3) is 0.412. The van der Waals surface area contributed by atoms with E-state index in [-0.39, 0.29) is 10.9 Å². The number of ether oxygens (including phenoxy) is 1. The van der Waals surface area contributed by atoms with Gasteiger partial charge in [-0.15, -0.1) is 0 Å². The second-order valence-electron chi connectivity index (χ2n) is 6.37. The molecule has 136 valence electrons. The van der Waals surface area contributed by atoms with Gasteiger partial charge < -0.3 is 9.30 Å². The number of benzene rings is 1. The lowest BCUT2D eigenvalue weighted by Gasteiger charge is -2.19. The number of carbonyl (C=O) groups excluding carboxylic acids is 1. The molecule has 0 N–H and O–H groups in total. The van der Waals surface area contributed by atoms with E-state index in [1.807, 2.05) is 0 Å². The number of rotatable bonds is 5. The smallest absolute Gasteiger partial charge is 0.406 e. The number of carbonyl (C=O) groups is 1. The zero-order valence-electron chi connectivity index (χ0n) is 14.1. The van der Waals surface area contributed by atoms with Gasteiger partial charge in [-0.2, -0.15) is 13.2 Å². The number of aromatic nitrogens is 2. The maximum atomic E-state index is 13.0. The second-order valence-corrected chi connectivity index (χ2v) is 7.31. The van der Waals surface area contributed by atoms with E-state index in [0.717, 1.165) is 16.3 Å². The number of hydrogen-bond acceptors (Lipinski definition) is 4. The van der Waals surface area contributed by atoms with Crippen molar-refractivity contribution in [2.45, 2.75) is 44.2 Å². The molecule has 8 heteroatoms. The van der Waals surface area contributed by atoms with Gasteiger partial charge in [0.15, 0.2) is 5.16 Å². The van der Waals surface area contributed by atoms with Gasteiger partial charge in [-0.3, -0.25) is 4.79 Å². The first-order valence-corrected chi connectivity index (χ1v) is 8.56. The number of nitrogens with zero attached hydrogens (tertiary/aromatic N) is 2. The van der Waals surface area contributed by atoms with Crippen LogP contribution in [-0.4, -0.2) is 33.1 Å². The van der Waals surface area contributed by atoms with Crippen LogP contribution in [0.1, 0.15) is 20.8 Å². The van der Waals surface area contributed by atoms with E-state index in [4.69, 9.17) is 4.74 Å². The Morgan fingerprint density at radius 3 is 2.40 bits per heavy atom. The summed E-state index contributed by atoms with van der Waals surface area (Å²) in [5, 5.41) is 0.127. The molecule has 25 heavy (non-hydrogen) atoms. The van der Waals surface area contributed by atoms with Gasteiger partial charge in [0.05, 0.1) is 17.6 Å². The van der Waals surface area contributed by atoms with E-state index in [2.05, 4.69) is 4.98 Å². The standard InChI is InChI=1S/C17H19F3N2O2S/c1-16(2,3)24-14(23)10-25-15-21-9-13(12-7-5-4-6-8-12)22(15)11-17(18,19)20/h4-9H,10-11H2,1-3H3. The Morgan fingerprint density at radius 2 is 1.84 bits per heavy atom. The van der Waals surface area contributed by atoms with Crippen molar-refractivity contribution in [3.8, 4) is 11.3 Å². The van der Waals surface area contributed by atoms with E-state index in [0.29, 0.717) is 11.3 Å². The minimum atomic E-state index is -4.40. The molecule has 0 aliphatic rings. The van der Waals surface area contributed by atoms with Crippen molar-refractivity contribution in [1.82, 2.24) is 9.55 Å². The summed E-state index contributed by atoms with van der Waals surface area (Å²) >= 11 is 0.929. The van der Waals surface area contributed by atoms with Crippen LogP contribution in [0.4, 0.5) is 13.2 Å². The Kier molecular flexibility index (Phi) is 5.82. The van der Waals surface area contributed by atoms with Crippen LogP contribution in [-0.2, 0) is 16.1 Å². The number of thioether (sulfide) groups is 1. The fourth-order valence-corrected chi connectivity index (χ4v) is 2.89. The highest BCUT2D eigenvalue weighted by Gasteiger charge is 2.31. The number of alkyl halides is 3. The van der Waals surface area contributed by atoms with Crippen LogP contribution < -0.4 is 0 Å². The Morgan fingerprint density at radius 1 is 1.20 bits per heavy atom. The molecule has 1 aromatic carbocycles. The molecule has 2 aromatic rings. The summed E-state index contributed by atoms with van der Waals surface area (Å²) in [5.74, 6) is -0.610. The molecule has 0 aliphatic heterocycles. The van der Waals surface area contributed by atoms with Crippen LogP contribution in [0, 0.1) is 0 Å². The highest BCUT2D eigenvalue weighted by molar-refractivity contribution is 7.99. The highest BCUT2D eigenvalue weighted by Crippen LogP contribution is 2.30. The normalized spacial score (nSPS) is 12.2. The molecule has 1 aromatic heterocycles. The molecule has 0 aliphatic carbocycles. The molecule has 0 saturated heterocycles. The van der Waals surface area contributed by atoms with Crippen LogP contribution in [0.15, 0.2) is 41.7 Å². The molecule has 0 bridgehead atoms. The lowest BCUT2D eigenvalue weighted by atomic mass is 10.2. The van der Waals surface area contributed by atoms with Gasteiger partial charge in [-0.1, -0.05) is 42.1 Å². The maximum absolute atomic E-state index is 13.0. The Bertz CT molecular complexity index is 722. The topological polar surface area (TPSA) is 44.1 Å². The van der Waals surface area contributed by atoms with Gasteiger partial charge >= 0.3 is 12.1 Å². The third-order valence-electron chi connectivity index (χ3n) is 2.97.